The molecule has 1 aromatic carbocycles. The number of tetrazole rings is 1. The minimum atomic E-state index is -4.89. The maximum absolute atomic E-state index is 13.1. The van der Waals surface area contributed by atoms with Gasteiger partial charge in [-0.25, -0.2) is 9.48 Å². The van der Waals surface area contributed by atoms with Gasteiger partial charge in [-0.2, -0.15) is 23.4 Å². The Bertz CT molecular complexity index is 1100. The molecule has 0 saturated carbocycles. The van der Waals surface area contributed by atoms with Crippen molar-refractivity contribution in [3.8, 4) is 11.8 Å². The molecule has 3 aromatic rings. The molecule has 2 aromatic heterocycles. The second kappa shape index (κ2) is 8.31. The van der Waals surface area contributed by atoms with Crippen molar-refractivity contribution in [2.75, 3.05) is 7.11 Å². The summed E-state index contributed by atoms with van der Waals surface area (Å²) in [4.78, 5) is 16.6. The monoisotopic (exact) mass is 423 g/mol. The first-order valence-corrected chi connectivity index (χ1v) is 8.92. The Morgan fingerprint density at radius 1 is 1.31 bits per heavy atom. The van der Waals surface area contributed by atoms with E-state index in [0.29, 0.717) is 18.1 Å². The Morgan fingerprint density at radius 2 is 2.03 bits per heavy atom. The summed E-state index contributed by atoms with van der Waals surface area (Å²) in [5, 5.41) is 20.1. The number of alkyl halides is 3. The molecule has 29 heavy (non-hydrogen) atoms. The molecule has 2 heterocycles. The fraction of sp³-hybridized carbons (Fsp3) is 0.250. The van der Waals surface area contributed by atoms with Crippen molar-refractivity contribution in [3.63, 3.8) is 0 Å². The number of hydrogen-bond donors (Lipinski definition) is 1. The van der Waals surface area contributed by atoms with E-state index in [0.717, 1.165) is 17.3 Å². The van der Waals surface area contributed by atoms with Crippen molar-refractivity contribution in [1.82, 2.24) is 30.2 Å². The highest BCUT2D eigenvalue weighted by Crippen LogP contribution is 2.33. The number of nitriles is 1. The van der Waals surface area contributed by atoms with E-state index in [9.17, 15) is 18.0 Å². The Balaban J connectivity index is 1.81. The van der Waals surface area contributed by atoms with Gasteiger partial charge >= 0.3 is 11.9 Å². The van der Waals surface area contributed by atoms with Gasteiger partial charge in [-0.05, 0) is 28.1 Å². The van der Waals surface area contributed by atoms with Crippen LogP contribution in [0.15, 0.2) is 34.1 Å². The molecule has 0 aliphatic heterocycles. The van der Waals surface area contributed by atoms with Crippen molar-refractivity contribution in [2.45, 2.75) is 23.5 Å². The zero-order valence-corrected chi connectivity index (χ0v) is 15.6. The van der Waals surface area contributed by atoms with Gasteiger partial charge in [0.15, 0.2) is 5.82 Å². The van der Waals surface area contributed by atoms with Crippen LogP contribution < -0.4 is 10.4 Å². The van der Waals surface area contributed by atoms with Crippen LogP contribution in [-0.2, 0) is 18.5 Å². The number of nitrogens with zero attached hydrogens (tertiary/aromatic N) is 6. The maximum Gasteiger partial charge on any atom is 0.432 e. The van der Waals surface area contributed by atoms with Gasteiger partial charge < -0.3 is 9.72 Å². The van der Waals surface area contributed by atoms with Crippen molar-refractivity contribution < 1.29 is 17.9 Å². The Kier molecular flexibility index (Phi) is 5.83. The third-order valence-electron chi connectivity index (χ3n) is 3.73. The van der Waals surface area contributed by atoms with Gasteiger partial charge in [0.05, 0.1) is 19.4 Å². The molecular weight excluding hydrogens is 411 g/mol. The Labute approximate surface area is 165 Å². The third kappa shape index (κ3) is 4.72. The van der Waals surface area contributed by atoms with Crippen LogP contribution in [-0.4, -0.2) is 37.3 Å². The Morgan fingerprint density at radius 3 is 2.66 bits per heavy atom. The summed E-state index contributed by atoms with van der Waals surface area (Å²) in [5.74, 6) is 1.03. The summed E-state index contributed by atoms with van der Waals surface area (Å²) in [5.41, 5.74) is -2.51. The number of methoxy groups -OCH3 is 1. The average Bonchev–Trinajstić information content (AvgIpc) is 3.12. The van der Waals surface area contributed by atoms with Gasteiger partial charge in [0, 0.05) is 0 Å². The van der Waals surface area contributed by atoms with E-state index in [1.54, 1.807) is 24.2 Å². The summed E-state index contributed by atoms with van der Waals surface area (Å²) in [6.07, 6.45) is -4.89. The molecule has 0 amide bonds. The number of thioether (sulfide) groups is 1. The molecule has 0 aliphatic carbocycles. The number of aromatic nitrogens is 6. The summed E-state index contributed by atoms with van der Waals surface area (Å²) in [6.45, 7) is 0.314. The summed E-state index contributed by atoms with van der Waals surface area (Å²) in [6, 6.07) is 8.63. The molecule has 0 unspecified atom stereocenters. The van der Waals surface area contributed by atoms with Crippen molar-refractivity contribution in [2.24, 2.45) is 0 Å². The maximum atomic E-state index is 13.1. The quantitative estimate of drug-likeness (QED) is 0.472. The number of benzene rings is 1. The molecule has 3 rings (SSSR count). The van der Waals surface area contributed by atoms with E-state index in [4.69, 9.17) is 10.00 Å². The van der Waals surface area contributed by atoms with Crippen LogP contribution in [0.25, 0.3) is 0 Å². The molecule has 0 radical (unpaired) electrons. The molecule has 150 valence electrons. The lowest BCUT2D eigenvalue weighted by atomic mass is 10.2. The first kappa shape index (κ1) is 20.3. The van der Waals surface area contributed by atoms with E-state index in [2.05, 4.69) is 20.5 Å². The lowest BCUT2D eigenvalue weighted by molar-refractivity contribution is -0.141. The molecule has 9 nitrogen and oxygen atoms in total. The van der Waals surface area contributed by atoms with Crippen LogP contribution >= 0.6 is 11.8 Å². The van der Waals surface area contributed by atoms with E-state index in [1.807, 2.05) is 12.1 Å². The molecule has 0 saturated heterocycles. The first-order chi connectivity index (χ1) is 13.8. The standard InChI is InChI=1S/C16H12F3N7O2S/c1-28-10-4-2-9(3-5-10)7-26-12(23-24-25-26)8-29-14-11(6-20)13(16(17,18)19)21-15(27)22-14/h2-5H,7-8H2,1H3,(H,21,22,27). The van der Waals surface area contributed by atoms with Gasteiger partial charge in [-0.15, -0.1) is 5.10 Å². The van der Waals surface area contributed by atoms with E-state index in [1.165, 1.54) is 10.8 Å². The van der Waals surface area contributed by atoms with E-state index >= 15 is 0 Å². The number of H-pyrrole nitrogens is 1. The third-order valence-corrected chi connectivity index (χ3v) is 4.70. The molecule has 0 bridgehead atoms. The predicted molar refractivity (Wildman–Crippen MR) is 94.0 cm³/mol. The molecule has 0 aliphatic rings. The number of nitrogens with one attached hydrogen (secondary N) is 1. The number of halogens is 3. The van der Waals surface area contributed by atoms with Crippen LogP contribution in [0.4, 0.5) is 13.2 Å². The topological polar surface area (TPSA) is 122 Å². The van der Waals surface area contributed by atoms with Crippen LogP contribution in [0.2, 0.25) is 0 Å². The predicted octanol–water partition coefficient (Wildman–Crippen LogP) is 2.00. The fourth-order valence-corrected chi connectivity index (χ4v) is 3.27. The lowest BCUT2D eigenvalue weighted by Gasteiger charge is -2.10. The number of aromatic amines is 1. The zero-order valence-electron chi connectivity index (χ0n) is 14.8. The highest BCUT2D eigenvalue weighted by atomic mass is 32.2. The van der Waals surface area contributed by atoms with Crippen LogP contribution in [0.3, 0.4) is 0 Å². The Hall–Kier alpha value is -3.40. The number of rotatable bonds is 6. The lowest BCUT2D eigenvalue weighted by Crippen LogP contribution is -2.22. The summed E-state index contributed by atoms with van der Waals surface area (Å²) in [7, 11) is 1.55. The van der Waals surface area contributed by atoms with E-state index < -0.39 is 23.1 Å². The molecule has 0 atom stereocenters. The zero-order chi connectivity index (χ0) is 21.0. The van der Waals surface area contributed by atoms with Gasteiger partial charge in [0.1, 0.15) is 28.1 Å². The molecule has 0 fully saturated rings. The van der Waals surface area contributed by atoms with Gasteiger partial charge in [-0.3, -0.25) is 0 Å². The highest BCUT2D eigenvalue weighted by Gasteiger charge is 2.37. The highest BCUT2D eigenvalue weighted by molar-refractivity contribution is 7.98. The van der Waals surface area contributed by atoms with Crippen LogP contribution in [0.1, 0.15) is 22.6 Å². The SMILES string of the molecule is COc1ccc(Cn2nnnc2CSc2nc(=O)[nH]c(C(F)(F)F)c2C#N)cc1. The summed E-state index contributed by atoms with van der Waals surface area (Å²) < 4.78 is 45.7. The van der Waals surface area contributed by atoms with Crippen molar-refractivity contribution in [3.05, 3.63) is 57.4 Å². The van der Waals surface area contributed by atoms with Crippen molar-refractivity contribution in [1.29, 1.82) is 5.26 Å². The van der Waals surface area contributed by atoms with Crippen molar-refractivity contribution >= 4 is 11.8 Å². The summed E-state index contributed by atoms with van der Waals surface area (Å²) >= 11 is 0.768. The normalized spacial score (nSPS) is 11.3. The molecular formula is C16H12F3N7O2S. The van der Waals surface area contributed by atoms with Gasteiger partial charge in [0.2, 0.25) is 0 Å². The van der Waals surface area contributed by atoms with Gasteiger partial charge in [-0.1, -0.05) is 23.9 Å². The second-order valence-corrected chi connectivity index (χ2v) is 6.56. The molecule has 0 spiro atoms. The van der Waals surface area contributed by atoms with E-state index in [-0.39, 0.29) is 10.8 Å². The van der Waals surface area contributed by atoms with Crippen LogP contribution in [0.5, 0.6) is 5.75 Å². The fourth-order valence-electron chi connectivity index (χ4n) is 2.36. The molecule has 1 N–H and O–H groups in total. The average molecular weight is 423 g/mol. The smallest absolute Gasteiger partial charge is 0.432 e. The first-order valence-electron chi connectivity index (χ1n) is 7.94. The van der Waals surface area contributed by atoms with Crippen LogP contribution in [0, 0.1) is 11.3 Å². The molecule has 13 heteroatoms. The minimum Gasteiger partial charge on any atom is -0.497 e. The number of ether oxygens (including phenoxy) is 1. The number of hydrogen-bond acceptors (Lipinski definition) is 8. The second-order valence-electron chi connectivity index (χ2n) is 5.60. The minimum absolute atomic E-state index is 0.00554. The largest absolute Gasteiger partial charge is 0.497 e. The van der Waals surface area contributed by atoms with Gasteiger partial charge in [0.25, 0.3) is 0 Å².